The summed E-state index contributed by atoms with van der Waals surface area (Å²) < 4.78 is 24.1. The summed E-state index contributed by atoms with van der Waals surface area (Å²) in [6, 6.07) is 11.1. The normalized spacial score (nSPS) is 19.7. The van der Waals surface area contributed by atoms with Crippen molar-refractivity contribution < 1.29 is 8.42 Å². The molecule has 20 heavy (non-hydrogen) atoms. The van der Waals surface area contributed by atoms with E-state index in [1.54, 1.807) is 18.3 Å². The first-order valence-electron chi connectivity index (χ1n) is 6.61. The van der Waals surface area contributed by atoms with E-state index in [1.807, 2.05) is 30.5 Å². The second-order valence-electron chi connectivity index (χ2n) is 4.94. The first-order valence-corrected chi connectivity index (χ1v) is 8.26. The molecule has 1 atom stereocenters. The minimum Gasteiger partial charge on any atom is -0.309 e. The third-order valence-corrected chi connectivity index (χ3v) is 5.36. The standard InChI is InChI=1S/C15H16N2O2S/c18-20(19)11-14(13-5-1-2-6-15(13)20)17-9-7-12-4-3-8-16-10-12/h1-6,8,10,14,17H,7,9,11H2. The van der Waals surface area contributed by atoms with Crippen LogP contribution in [0.3, 0.4) is 0 Å². The van der Waals surface area contributed by atoms with Crippen LogP contribution in [-0.2, 0) is 16.3 Å². The number of hydrogen-bond acceptors (Lipinski definition) is 4. The molecule has 0 radical (unpaired) electrons. The number of fused-ring (bicyclic) bond motifs is 1. The summed E-state index contributed by atoms with van der Waals surface area (Å²) in [4.78, 5) is 4.54. The zero-order valence-electron chi connectivity index (χ0n) is 11.0. The lowest BCUT2D eigenvalue weighted by Gasteiger charge is -2.12. The fourth-order valence-corrected chi connectivity index (χ4v) is 4.33. The van der Waals surface area contributed by atoms with Crippen molar-refractivity contribution in [3.63, 3.8) is 0 Å². The van der Waals surface area contributed by atoms with Crippen molar-refractivity contribution in [2.75, 3.05) is 12.3 Å². The highest BCUT2D eigenvalue weighted by atomic mass is 32.2. The summed E-state index contributed by atoms with van der Waals surface area (Å²) in [5, 5.41) is 3.33. The molecule has 1 aliphatic heterocycles. The summed E-state index contributed by atoms with van der Waals surface area (Å²) in [5.74, 6) is 0.152. The maximum atomic E-state index is 12.0. The predicted octanol–water partition coefficient (Wildman–Crippen LogP) is 1.74. The fraction of sp³-hybridized carbons (Fsp3) is 0.267. The van der Waals surface area contributed by atoms with E-state index in [0.29, 0.717) is 4.90 Å². The molecule has 0 amide bonds. The lowest BCUT2D eigenvalue weighted by Crippen LogP contribution is -2.25. The number of hydrogen-bond donors (Lipinski definition) is 1. The molecule has 3 rings (SSSR count). The van der Waals surface area contributed by atoms with Gasteiger partial charge in [-0.2, -0.15) is 0 Å². The van der Waals surface area contributed by atoms with Crippen LogP contribution in [0.2, 0.25) is 0 Å². The predicted molar refractivity (Wildman–Crippen MR) is 77.2 cm³/mol. The molecule has 0 fully saturated rings. The first kappa shape index (κ1) is 13.3. The molecule has 104 valence electrons. The Kier molecular flexibility index (Phi) is 3.54. The van der Waals surface area contributed by atoms with Gasteiger partial charge in [-0.05, 0) is 36.2 Å². The molecule has 0 spiro atoms. The zero-order chi connectivity index (χ0) is 14.0. The Hall–Kier alpha value is -1.72. The quantitative estimate of drug-likeness (QED) is 0.931. The van der Waals surface area contributed by atoms with Crippen molar-refractivity contribution in [2.45, 2.75) is 17.4 Å². The molecule has 1 aliphatic rings. The van der Waals surface area contributed by atoms with E-state index < -0.39 is 9.84 Å². The number of aromatic nitrogens is 1. The number of nitrogens with zero attached hydrogens (tertiary/aromatic N) is 1. The summed E-state index contributed by atoms with van der Waals surface area (Å²) in [6.07, 6.45) is 4.42. The van der Waals surface area contributed by atoms with Gasteiger partial charge in [0, 0.05) is 18.4 Å². The maximum absolute atomic E-state index is 12.0. The molecule has 1 N–H and O–H groups in total. The molecule has 4 nitrogen and oxygen atoms in total. The van der Waals surface area contributed by atoms with E-state index >= 15 is 0 Å². The highest BCUT2D eigenvalue weighted by Gasteiger charge is 2.33. The molecule has 1 unspecified atom stereocenters. The van der Waals surface area contributed by atoms with Crippen LogP contribution in [0, 0.1) is 0 Å². The van der Waals surface area contributed by atoms with Gasteiger partial charge in [-0.15, -0.1) is 0 Å². The van der Waals surface area contributed by atoms with Crippen LogP contribution in [0.15, 0.2) is 53.7 Å². The Labute approximate surface area is 118 Å². The summed E-state index contributed by atoms with van der Waals surface area (Å²) in [5.41, 5.74) is 2.04. The van der Waals surface area contributed by atoms with Crippen LogP contribution < -0.4 is 5.32 Å². The molecule has 0 saturated carbocycles. The fourth-order valence-electron chi connectivity index (χ4n) is 2.56. The van der Waals surface area contributed by atoms with Gasteiger partial charge in [0.1, 0.15) is 0 Å². The van der Waals surface area contributed by atoms with E-state index in [1.165, 1.54) is 0 Å². The number of pyridine rings is 1. The van der Waals surface area contributed by atoms with Crippen molar-refractivity contribution >= 4 is 9.84 Å². The average molecular weight is 288 g/mol. The third-order valence-electron chi connectivity index (χ3n) is 3.54. The zero-order valence-corrected chi connectivity index (χ0v) is 11.8. The van der Waals surface area contributed by atoms with Crippen LogP contribution >= 0.6 is 0 Å². The lowest BCUT2D eigenvalue weighted by molar-refractivity contribution is 0.568. The molecule has 5 heteroatoms. The van der Waals surface area contributed by atoms with E-state index in [0.717, 1.165) is 24.1 Å². The van der Waals surface area contributed by atoms with Gasteiger partial charge >= 0.3 is 0 Å². The van der Waals surface area contributed by atoms with Crippen LogP contribution in [0.5, 0.6) is 0 Å². The second-order valence-corrected chi connectivity index (χ2v) is 6.94. The minimum absolute atomic E-state index is 0.104. The Morgan fingerprint density at radius 1 is 1.20 bits per heavy atom. The van der Waals surface area contributed by atoms with Crippen LogP contribution in [0.4, 0.5) is 0 Å². The molecule has 0 saturated heterocycles. The first-order chi connectivity index (χ1) is 9.67. The van der Waals surface area contributed by atoms with Gasteiger partial charge in [0.15, 0.2) is 9.84 Å². The van der Waals surface area contributed by atoms with E-state index in [4.69, 9.17) is 0 Å². The molecule has 0 bridgehead atoms. The van der Waals surface area contributed by atoms with Crippen molar-refractivity contribution in [2.24, 2.45) is 0 Å². The monoisotopic (exact) mass is 288 g/mol. The average Bonchev–Trinajstić information content (AvgIpc) is 2.72. The van der Waals surface area contributed by atoms with Crippen molar-refractivity contribution in [3.05, 3.63) is 59.9 Å². The van der Waals surface area contributed by atoms with Crippen LogP contribution in [0.1, 0.15) is 17.2 Å². The number of rotatable bonds is 4. The van der Waals surface area contributed by atoms with Gasteiger partial charge in [-0.25, -0.2) is 8.42 Å². The van der Waals surface area contributed by atoms with Crippen molar-refractivity contribution in [3.8, 4) is 0 Å². The maximum Gasteiger partial charge on any atom is 0.180 e. The van der Waals surface area contributed by atoms with E-state index in [9.17, 15) is 8.42 Å². The smallest absolute Gasteiger partial charge is 0.180 e. The molecule has 1 aromatic heterocycles. The Morgan fingerprint density at radius 2 is 2.05 bits per heavy atom. The Bertz CT molecular complexity index is 699. The van der Waals surface area contributed by atoms with Gasteiger partial charge in [0.25, 0.3) is 0 Å². The molecule has 2 heterocycles. The molecule has 1 aromatic carbocycles. The molecular formula is C15H16N2O2S. The van der Waals surface area contributed by atoms with Crippen molar-refractivity contribution in [1.29, 1.82) is 0 Å². The van der Waals surface area contributed by atoms with Crippen LogP contribution in [0.25, 0.3) is 0 Å². The van der Waals surface area contributed by atoms with Gasteiger partial charge in [0.05, 0.1) is 10.6 Å². The Morgan fingerprint density at radius 3 is 2.85 bits per heavy atom. The van der Waals surface area contributed by atoms with Gasteiger partial charge in [-0.1, -0.05) is 24.3 Å². The molecular weight excluding hydrogens is 272 g/mol. The van der Waals surface area contributed by atoms with Crippen LogP contribution in [-0.4, -0.2) is 25.7 Å². The number of nitrogens with one attached hydrogen (secondary N) is 1. The minimum atomic E-state index is -3.12. The topological polar surface area (TPSA) is 59.1 Å². The van der Waals surface area contributed by atoms with Gasteiger partial charge < -0.3 is 5.32 Å². The molecule has 0 aliphatic carbocycles. The highest BCUT2D eigenvalue weighted by Crippen LogP contribution is 2.32. The summed E-state index contributed by atoms with van der Waals surface area (Å²) in [6.45, 7) is 0.736. The summed E-state index contributed by atoms with van der Waals surface area (Å²) in [7, 11) is -3.12. The molecule has 2 aromatic rings. The van der Waals surface area contributed by atoms with Gasteiger partial charge in [0.2, 0.25) is 0 Å². The van der Waals surface area contributed by atoms with E-state index in [-0.39, 0.29) is 11.8 Å². The second kappa shape index (κ2) is 5.34. The number of sulfone groups is 1. The summed E-state index contributed by atoms with van der Waals surface area (Å²) >= 11 is 0. The van der Waals surface area contributed by atoms with E-state index in [2.05, 4.69) is 10.3 Å². The van der Waals surface area contributed by atoms with Gasteiger partial charge in [-0.3, -0.25) is 4.98 Å². The lowest BCUT2D eigenvalue weighted by atomic mass is 10.1. The Balaban J connectivity index is 1.68. The third kappa shape index (κ3) is 2.59. The van der Waals surface area contributed by atoms with Crippen molar-refractivity contribution in [1.82, 2.24) is 10.3 Å². The highest BCUT2D eigenvalue weighted by molar-refractivity contribution is 7.91. The number of benzene rings is 1. The SMILES string of the molecule is O=S1(=O)CC(NCCc2cccnc2)c2ccccc21. The largest absolute Gasteiger partial charge is 0.309 e.